The number of hydrogen-bond donors (Lipinski definition) is 4. The van der Waals surface area contributed by atoms with E-state index in [-0.39, 0.29) is 5.92 Å². The summed E-state index contributed by atoms with van der Waals surface area (Å²) < 4.78 is 0. The number of nitrogens with two attached hydrogens (primary N) is 1. The Hall–Kier alpha value is -1.28. The lowest BCUT2D eigenvalue weighted by Gasteiger charge is -2.21. The lowest BCUT2D eigenvalue weighted by Crippen LogP contribution is -2.54. The van der Waals surface area contributed by atoms with Gasteiger partial charge in [0.15, 0.2) is 0 Å². The average molecular weight is 319 g/mol. The van der Waals surface area contributed by atoms with Crippen molar-refractivity contribution in [2.45, 2.75) is 45.3 Å². The number of carbonyl (C=O) groups is 3. The zero-order valence-corrected chi connectivity index (χ0v) is 13.7. The standard InChI is InChI=1S/C13H25N3O4S/c1-7(2)10(14)12(18)15-8(3)11(17)16-9(13(19)20)5-6-21-4/h7-10H,5-6,14H2,1-4H3,(H,15,18)(H,16,17)(H,19,20)/t8-,9-,10-/m0/s1. The number of carbonyl (C=O) groups excluding carboxylic acids is 2. The minimum absolute atomic E-state index is 0.0476. The maximum atomic E-state index is 11.9. The lowest BCUT2D eigenvalue weighted by molar-refractivity contribution is -0.142. The van der Waals surface area contributed by atoms with Gasteiger partial charge in [-0.25, -0.2) is 4.79 Å². The second-order valence-corrected chi connectivity index (χ2v) is 6.17. The summed E-state index contributed by atoms with van der Waals surface area (Å²) in [5.41, 5.74) is 5.68. The third-order valence-corrected chi connectivity index (χ3v) is 3.64. The summed E-state index contributed by atoms with van der Waals surface area (Å²) in [6.07, 6.45) is 2.19. The first-order valence-corrected chi connectivity index (χ1v) is 8.18. The molecule has 0 aromatic rings. The van der Waals surface area contributed by atoms with E-state index < -0.39 is 35.9 Å². The van der Waals surface area contributed by atoms with E-state index in [0.717, 1.165) is 0 Å². The molecule has 0 aromatic carbocycles. The predicted molar refractivity (Wildman–Crippen MR) is 83.0 cm³/mol. The maximum absolute atomic E-state index is 11.9. The molecule has 0 rings (SSSR count). The number of nitrogens with one attached hydrogen (secondary N) is 2. The molecule has 7 nitrogen and oxygen atoms in total. The minimum atomic E-state index is -1.09. The fourth-order valence-electron chi connectivity index (χ4n) is 1.47. The van der Waals surface area contributed by atoms with Crippen LogP contribution in [0.2, 0.25) is 0 Å². The van der Waals surface area contributed by atoms with E-state index in [1.165, 1.54) is 18.7 Å². The third-order valence-electron chi connectivity index (χ3n) is 3.00. The van der Waals surface area contributed by atoms with Gasteiger partial charge in [0.05, 0.1) is 6.04 Å². The Balaban J connectivity index is 4.48. The molecule has 0 aliphatic rings. The van der Waals surface area contributed by atoms with Crippen LogP contribution in [0.4, 0.5) is 0 Å². The Labute approximate surface area is 129 Å². The SMILES string of the molecule is CSCC[C@H](NC(=O)[C@H](C)NC(=O)[C@@H](N)C(C)C)C(=O)O. The van der Waals surface area contributed by atoms with Crippen molar-refractivity contribution < 1.29 is 19.5 Å². The Bertz CT molecular complexity index is 376. The molecule has 3 atom stereocenters. The first-order chi connectivity index (χ1) is 9.70. The summed E-state index contributed by atoms with van der Waals surface area (Å²) in [7, 11) is 0. The maximum Gasteiger partial charge on any atom is 0.326 e. The van der Waals surface area contributed by atoms with Crippen LogP contribution >= 0.6 is 11.8 Å². The van der Waals surface area contributed by atoms with Crippen molar-refractivity contribution in [3.63, 3.8) is 0 Å². The van der Waals surface area contributed by atoms with Crippen LogP contribution in [0.15, 0.2) is 0 Å². The van der Waals surface area contributed by atoms with Gasteiger partial charge < -0.3 is 21.5 Å². The van der Waals surface area contributed by atoms with Crippen LogP contribution in [-0.2, 0) is 14.4 Å². The summed E-state index contributed by atoms with van der Waals surface area (Å²) >= 11 is 1.50. The number of amides is 2. The van der Waals surface area contributed by atoms with E-state index in [1.807, 2.05) is 6.26 Å². The van der Waals surface area contributed by atoms with E-state index in [4.69, 9.17) is 10.8 Å². The smallest absolute Gasteiger partial charge is 0.326 e. The number of carboxylic acids is 1. The van der Waals surface area contributed by atoms with Crippen molar-refractivity contribution in [1.82, 2.24) is 10.6 Å². The highest BCUT2D eigenvalue weighted by atomic mass is 32.2. The van der Waals surface area contributed by atoms with E-state index >= 15 is 0 Å². The zero-order chi connectivity index (χ0) is 16.6. The molecule has 0 aliphatic heterocycles. The Morgan fingerprint density at radius 1 is 1.14 bits per heavy atom. The van der Waals surface area contributed by atoms with Crippen molar-refractivity contribution in [3.05, 3.63) is 0 Å². The Morgan fingerprint density at radius 2 is 1.71 bits per heavy atom. The van der Waals surface area contributed by atoms with Crippen LogP contribution in [0.1, 0.15) is 27.2 Å². The number of hydrogen-bond acceptors (Lipinski definition) is 5. The Kier molecular flexibility index (Phi) is 9.03. The van der Waals surface area contributed by atoms with Crippen LogP contribution in [0, 0.1) is 5.92 Å². The molecule has 0 saturated carbocycles. The molecule has 0 aliphatic carbocycles. The second-order valence-electron chi connectivity index (χ2n) is 5.18. The molecule has 0 radical (unpaired) electrons. The molecule has 0 bridgehead atoms. The number of thioether (sulfide) groups is 1. The van der Waals surface area contributed by atoms with Gasteiger partial charge in [-0.1, -0.05) is 13.8 Å². The van der Waals surface area contributed by atoms with Gasteiger partial charge in [0.2, 0.25) is 11.8 Å². The van der Waals surface area contributed by atoms with Crippen molar-refractivity contribution in [3.8, 4) is 0 Å². The molecule has 0 heterocycles. The van der Waals surface area contributed by atoms with Crippen LogP contribution in [0.3, 0.4) is 0 Å². The highest BCUT2D eigenvalue weighted by Gasteiger charge is 2.25. The summed E-state index contributed by atoms with van der Waals surface area (Å²) in [5, 5.41) is 13.9. The molecule has 21 heavy (non-hydrogen) atoms. The molecule has 0 fully saturated rings. The molecule has 0 spiro atoms. The molecule has 5 N–H and O–H groups in total. The molecule has 2 amide bonds. The van der Waals surface area contributed by atoms with Gasteiger partial charge >= 0.3 is 5.97 Å². The molecule has 0 unspecified atom stereocenters. The fourth-order valence-corrected chi connectivity index (χ4v) is 1.94. The van der Waals surface area contributed by atoms with Gasteiger partial charge in [0.1, 0.15) is 12.1 Å². The van der Waals surface area contributed by atoms with Crippen molar-refractivity contribution in [2.24, 2.45) is 11.7 Å². The van der Waals surface area contributed by atoms with Crippen molar-refractivity contribution in [2.75, 3.05) is 12.0 Å². The summed E-state index contributed by atoms with van der Waals surface area (Å²) in [6, 6.07) is -2.49. The quantitative estimate of drug-likeness (QED) is 0.467. The van der Waals surface area contributed by atoms with Gasteiger partial charge in [-0.3, -0.25) is 9.59 Å². The van der Waals surface area contributed by atoms with Gasteiger partial charge in [-0.05, 0) is 31.3 Å². The summed E-state index contributed by atoms with van der Waals surface area (Å²) in [4.78, 5) is 34.7. The summed E-state index contributed by atoms with van der Waals surface area (Å²) in [5.74, 6) is -1.48. The molecular weight excluding hydrogens is 294 g/mol. The molecular formula is C13H25N3O4S. The highest BCUT2D eigenvalue weighted by molar-refractivity contribution is 7.98. The minimum Gasteiger partial charge on any atom is -0.480 e. The zero-order valence-electron chi connectivity index (χ0n) is 12.9. The van der Waals surface area contributed by atoms with E-state index in [0.29, 0.717) is 12.2 Å². The van der Waals surface area contributed by atoms with Crippen molar-refractivity contribution in [1.29, 1.82) is 0 Å². The van der Waals surface area contributed by atoms with E-state index in [1.54, 1.807) is 13.8 Å². The van der Waals surface area contributed by atoms with Crippen LogP contribution in [0.25, 0.3) is 0 Å². The fraction of sp³-hybridized carbons (Fsp3) is 0.769. The molecule has 0 aromatic heterocycles. The predicted octanol–water partition coefficient (Wildman–Crippen LogP) is -0.203. The largest absolute Gasteiger partial charge is 0.480 e. The molecule has 122 valence electrons. The number of aliphatic carboxylic acids is 1. The highest BCUT2D eigenvalue weighted by Crippen LogP contribution is 2.02. The third kappa shape index (κ3) is 7.33. The van der Waals surface area contributed by atoms with Gasteiger partial charge in [-0.2, -0.15) is 11.8 Å². The van der Waals surface area contributed by atoms with Crippen molar-refractivity contribution >= 4 is 29.5 Å². The normalized spacial score (nSPS) is 15.1. The van der Waals surface area contributed by atoms with E-state index in [9.17, 15) is 14.4 Å². The topological polar surface area (TPSA) is 122 Å². The first kappa shape index (κ1) is 19.7. The Morgan fingerprint density at radius 3 is 2.14 bits per heavy atom. The van der Waals surface area contributed by atoms with Crippen LogP contribution < -0.4 is 16.4 Å². The van der Waals surface area contributed by atoms with Gasteiger partial charge in [0, 0.05) is 0 Å². The molecule has 0 saturated heterocycles. The van der Waals surface area contributed by atoms with Crippen LogP contribution in [0.5, 0.6) is 0 Å². The second kappa shape index (κ2) is 9.62. The average Bonchev–Trinajstić information content (AvgIpc) is 2.41. The number of rotatable bonds is 9. The van der Waals surface area contributed by atoms with Gasteiger partial charge in [0.25, 0.3) is 0 Å². The first-order valence-electron chi connectivity index (χ1n) is 6.78. The van der Waals surface area contributed by atoms with Crippen LogP contribution in [-0.4, -0.2) is 53.0 Å². The summed E-state index contributed by atoms with van der Waals surface area (Å²) in [6.45, 7) is 5.10. The number of carboxylic acid groups (broad SMARTS) is 1. The van der Waals surface area contributed by atoms with E-state index in [2.05, 4.69) is 10.6 Å². The molecule has 8 heteroatoms. The van der Waals surface area contributed by atoms with Gasteiger partial charge in [-0.15, -0.1) is 0 Å². The lowest BCUT2D eigenvalue weighted by atomic mass is 10.0. The monoisotopic (exact) mass is 319 g/mol.